The third-order valence-electron chi connectivity index (χ3n) is 1.75. The van der Waals surface area contributed by atoms with Gasteiger partial charge in [0.25, 0.3) is 0 Å². The molecule has 0 bridgehead atoms. The number of rotatable bonds is 2. The van der Waals surface area contributed by atoms with Gasteiger partial charge >= 0.3 is 6.18 Å². The average molecular weight is 209 g/mol. The number of aliphatic hydroxyl groups excluding tert-OH is 1. The van der Waals surface area contributed by atoms with Crippen LogP contribution < -0.4 is 5.73 Å². The minimum atomic E-state index is -4.52. The first-order valence-corrected chi connectivity index (χ1v) is 3.93. The summed E-state index contributed by atoms with van der Waals surface area (Å²) < 4.78 is 40.7. The van der Waals surface area contributed by atoms with E-state index in [1.807, 2.05) is 0 Å². The van der Waals surface area contributed by atoms with Crippen molar-refractivity contribution in [2.45, 2.75) is 25.2 Å². The van der Waals surface area contributed by atoms with E-state index in [2.05, 4.69) is 4.42 Å². The minimum Gasteiger partial charge on any atom is -0.455 e. The molecule has 0 aliphatic carbocycles. The predicted octanol–water partition coefficient (Wildman–Crippen LogP) is 1.68. The lowest BCUT2D eigenvalue weighted by Crippen LogP contribution is -2.22. The van der Waals surface area contributed by atoms with Crippen molar-refractivity contribution in [3.8, 4) is 0 Å². The molecule has 1 aromatic rings. The summed E-state index contributed by atoms with van der Waals surface area (Å²) in [5.74, 6) is -1.18. The van der Waals surface area contributed by atoms with Crippen molar-refractivity contribution < 1.29 is 22.7 Å². The average Bonchev–Trinajstić information content (AvgIpc) is 2.49. The van der Waals surface area contributed by atoms with Crippen LogP contribution in [0.2, 0.25) is 0 Å². The predicted molar refractivity (Wildman–Crippen MR) is 42.3 cm³/mol. The molecular formula is C8H10F3NO2. The fraction of sp³-hybridized carbons (Fsp3) is 0.500. The summed E-state index contributed by atoms with van der Waals surface area (Å²) >= 11 is 0. The Labute approximate surface area is 78.3 Å². The summed E-state index contributed by atoms with van der Waals surface area (Å²) in [4.78, 5) is 0. The monoisotopic (exact) mass is 209 g/mol. The van der Waals surface area contributed by atoms with Crippen LogP contribution in [0.25, 0.3) is 0 Å². The topological polar surface area (TPSA) is 59.4 Å². The zero-order chi connectivity index (χ0) is 10.9. The van der Waals surface area contributed by atoms with Gasteiger partial charge in [-0.2, -0.15) is 13.2 Å². The van der Waals surface area contributed by atoms with E-state index in [4.69, 9.17) is 10.8 Å². The van der Waals surface area contributed by atoms with Gasteiger partial charge in [-0.15, -0.1) is 0 Å². The van der Waals surface area contributed by atoms with Crippen LogP contribution in [0.15, 0.2) is 16.5 Å². The Hall–Kier alpha value is -1.01. The highest BCUT2D eigenvalue weighted by molar-refractivity contribution is 5.13. The zero-order valence-electron chi connectivity index (χ0n) is 7.38. The van der Waals surface area contributed by atoms with Crippen LogP contribution >= 0.6 is 0 Å². The van der Waals surface area contributed by atoms with Crippen molar-refractivity contribution in [3.05, 3.63) is 23.7 Å². The first-order chi connectivity index (χ1) is 6.32. The van der Waals surface area contributed by atoms with Crippen LogP contribution in [0.5, 0.6) is 0 Å². The summed E-state index contributed by atoms with van der Waals surface area (Å²) in [5, 5.41) is 9.02. The van der Waals surface area contributed by atoms with Crippen molar-refractivity contribution in [1.82, 2.24) is 0 Å². The molecular weight excluding hydrogens is 199 g/mol. The van der Waals surface area contributed by atoms with Gasteiger partial charge in [0.15, 0.2) is 0 Å². The van der Waals surface area contributed by atoms with E-state index in [0.717, 1.165) is 12.1 Å². The number of nitrogens with two attached hydrogens (primary N) is 1. The molecule has 0 spiro atoms. The molecule has 1 rings (SSSR count). The molecule has 0 saturated carbocycles. The van der Waals surface area contributed by atoms with Gasteiger partial charge in [0.05, 0.1) is 12.1 Å². The Morgan fingerprint density at radius 2 is 2.00 bits per heavy atom. The van der Waals surface area contributed by atoms with E-state index in [9.17, 15) is 13.2 Å². The lowest BCUT2D eigenvalue weighted by molar-refractivity contribution is -0.153. The second-order valence-corrected chi connectivity index (χ2v) is 2.97. The second-order valence-electron chi connectivity index (χ2n) is 2.97. The minimum absolute atomic E-state index is 0.0766. The molecule has 80 valence electrons. The normalized spacial score (nSPS) is 16.7. The summed E-state index contributed by atoms with van der Waals surface area (Å²) in [6.45, 7) is 1.38. The van der Waals surface area contributed by atoms with Gasteiger partial charge in [0, 0.05) is 0 Å². The van der Waals surface area contributed by atoms with Crippen molar-refractivity contribution in [3.63, 3.8) is 0 Å². The lowest BCUT2D eigenvalue weighted by atomic mass is 10.1. The fourth-order valence-electron chi connectivity index (χ4n) is 0.922. The Morgan fingerprint density at radius 1 is 1.43 bits per heavy atom. The molecule has 2 atom stereocenters. The molecule has 0 saturated heterocycles. The molecule has 0 amide bonds. The Bertz CT molecular complexity index is 306. The lowest BCUT2D eigenvalue weighted by Gasteiger charge is -2.11. The van der Waals surface area contributed by atoms with Gasteiger partial charge in [-0.05, 0) is 19.1 Å². The van der Waals surface area contributed by atoms with Gasteiger partial charge in [-0.25, -0.2) is 0 Å². The number of aliphatic hydroxyl groups is 1. The van der Waals surface area contributed by atoms with Crippen LogP contribution in [-0.2, 0) is 6.18 Å². The highest BCUT2D eigenvalue weighted by atomic mass is 19.4. The van der Waals surface area contributed by atoms with Crippen molar-refractivity contribution in [2.24, 2.45) is 5.73 Å². The molecule has 0 aliphatic heterocycles. The van der Waals surface area contributed by atoms with Gasteiger partial charge < -0.3 is 15.3 Å². The first kappa shape index (κ1) is 11.1. The molecule has 0 radical (unpaired) electrons. The molecule has 3 N–H and O–H groups in total. The van der Waals surface area contributed by atoms with Gasteiger partial charge in [0.2, 0.25) is 5.76 Å². The van der Waals surface area contributed by atoms with E-state index < -0.39 is 24.1 Å². The molecule has 6 heteroatoms. The first-order valence-electron chi connectivity index (χ1n) is 3.93. The van der Waals surface area contributed by atoms with Crippen molar-refractivity contribution >= 4 is 0 Å². The van der Waals surface area contributed by atoms with Crippen LogP contribution in [0, 0.1) is 0 Å². The van der Waals surface area contributed by atoms with E-state index >= 15 is 0 Å². The fourth-order valence-corrected chi connectivity index (χ4v) is 0.922. The van der Waals surface area contributed by atoms with Gasteiger partial charge in [-0.1, -0.05) is 0 Å². The van der Waals surface area contributed by atoms with Crippen molar-refractivity contribution in [1.29, 1.82) is 0 Å². The van der Waals surface area contributed by atoms with E-state index in [1.54, 1.807) is 0 Å². The number of hydrogen-bond acceptors (Lipinski definition) is 3. The summed E-state index contributed by atoms with van der Waals surface area (Å²) in [5.41, 5.74) is 5.38. The number of halogens is 3. The van der Waals surface area contributed by atoms with Gasteiger partial charge in [-0.3, -0.25) is 0 Å². The second kappa shape index (κ2) is 3.62. The molecule has 0 aliphatic rings. The van der Waals surface area contributed by atoms with Crippen molar-refractivity contribution in [2.75, 3.05) is 0 Å². The highest BCUT2D eigenvalue weighted by Gasteiger charge is 2.35. The quantitative estimate of drug-likeness (QED) is 0.779. The molecule has 1 aromatic heterocycles. The number of hydrogen-bond donors (Lipinski definition) is 2. The molecule has 1 unspecified atom stereocenters. The third-order valence-corrected chi connectivity index (χ3v) is 1.75. The maximum atomic E-state index is 12.1. The molecule has 14 heavy (non-hydrogen) atoms. The summed E-state index contributed by atoms with van der Waals surface area (Å²) in [7, 11) is 0. The molecule has 0 fully saturated rings. The zero-order valence-corrected chi connectivity index (χ0v) is 7.38. The van der Waals surface area contributed by atoms with E-state index in [-0.39, 0.29) is 5.76 Å². The SMILES string of the molecule is CC(O)[C@H](N)c1ccc(C(F)(F)F)o1. The largest absolute Gasteiger partial charge is 0.455 e. The highest BCUT2D eigenvalue weighted by Crippen LogP contribution is 2.32. The molecule has 3 nitrogen and oxygen atoms in total. The number of alkyl halides is 3. The Morgan fingerprint density at radius 3 is 2.36 bits per heavy atom. The Balaban J connectivity index is 2.89. The summed E-state index contributed by atoms with van der Waals surface area (Å²) in [6.07, 6.45) is -5.47. The Kier molecular flexibility index (Phi) is 2.86. The molecule has 0 aromatic carbocycles. The third kappa shape index (κ3) is 2.27. The van der Waals surface area contributed by atoms with Crippen LogP contribution in [-0.4, -0.2) is 11.2 Å². The van der Waals surface area contributed by atoms with Crippen LogP contribution in [0.4, 0.5) is 13.2 Å². The van der Waals surface area contributed by atoms with Gasteiger partial charge in [0.1, 0.15) is 5.76 Å². The van der Waals surface area contributed by atoms with Crippen LogP contribution in [0.3, 0.4) is 0 Å². The maximum absolute atomic E-state index is 12.1. The van der Waals surface area contributed by atoms with E-state index in [0.29, 0.717) is 0 Å². The maximum Gasteiger partial charge on any atom is 0.449 e. The van der Waals surface area contributed by atoms with Crippen LogP contribution in [0.1, 0.15) is 24.5 Å². The summed E-state index contributed by atoms with van der Waals surface area (Å²) in [6, 6.07) is 0.962. The standard InChI is InChI=1S/C8H10F3NO2/c1-4(13)7(12)5-2-3-6(14-5)8(9,10)11/h2-4,7,13H,12H2,1H3/t4?,7-/m0/s1. The smallest absolute Gasteiger partial charge is 0.449 e. The number of furan rings is 1. The van der Waals surface area contributed by atoms with E-state index in [1.165, 1.54) is 6.92 Å². The molecule has 1 heterocycles.